The lowest BCUT2D eigenvalue weighted by molar-refractivity contribution is -0.130. The number of amides is 1. The van der Waals surface area contributed by atoms with Crippen molar-refractivity contribution in [3.63, 3.8) is 0 Å². The molecule has 1 amide bonds. The van der Waals surface area contributed by atoms with Crippen LogP contribution in [-0.2, 0) is 4.79 Å². The molecule has 0 radical (unpaired) electrons. The molecule has 0 aliphatic heterocycles. The van der Waals surface area contributed by atoms with Gasteiger partial charge in [0.05, 0.1) is 0 Å². The summed E-state index contributed by atoms with van der Waals surface area (Å²) in [5.74, 6) is 0.823. The third kappa shape index (κ3) is 5.94. The van der Waals surface area contributed by atoms with Gasteiger partial charge in [0, 0.05) is 12.1 Å². The van der Waals surface area contributed by atoms with Crippen LogP contribution in [0.3, 0.4) is 0 Å². The molecule has 0 fully saturated rings. The number of nitrogens with zero attached hydrogens (tertiary/aromatic N) is 1. The highest BCUT2D eigenvalue weighted by Gasteiger charge is 2.22. The highest BCUT2D eigenvalue weighted by molar-refractivity contribution is 5.88. The number of likely N-dealkylation sites (N-methyl/N-ethyl adjacent to an activating group) is 1. The molecule has 0 unspecified atom stereocenters. The largest absolute Gasteiger partial charge is 0.335 e. The minimum absolute atomic E-state index is 0.0891. The molecule has 2 heteroatoms. The molecule has 0 spiro atoms. The zero-order valence-electron chi connectivity index (χ0n) is 11.7. The van der Waals surface area contributed by atoms with Crippen LogP contribution in [0.5, 0.6) is 0 Å². The molecule has 0 aromatic rings. The number of carbonyl (C=O) groups excluding carboxylic acids is 1. The van der Waals surface area contributed by atoms with E-state index < -0.39 is 0 Å². The lowest BCUT2D eigenvalue weighted by Gasteiger charge is -2.34. The molecule has 0 rings (SSSR count). The van der Waals surface area contributed by atoms with Crippen molar-refractivity contribution in [1.82, 2.24) is 4.90 Å². The molecular weight excluding hydrogens is 198 g/mol. The standard InChI is InChI=1S/C14H27NO/c1-7-15(14(4,5)6)13(16)11-9-8-10-12(2)3/h9,11-12H,7-8,10H2,1-6H3. The summed E-state index contributed by atoms with van der Waals surface area (Å²) in [5, 5.41) is 0. The summed E-state index contributed by atoms with van der Waals surface area (Å²) in [6.07, 6.45) is 5.85. The molecule has 0 aliphatic rings. The fourth-order valence-corrected chi connectivity index (χ4v) is 1.66. The monoisotopic (exact) mass is 225 g/mol. The smallest absolute Gasteiger partial charge is 0.246 e. The summed E-state index contributed by atoms with van der Waals surface area (Å²) in [4.78, 5) is 13.8. The van der Waals surface area contributed by atoms with Gasteiger partial charge in [-0.25, -0.2) is 0 Å². The Kier molecular flexibility index (Phi) is 6.39. The predicted molar refractivity (Wildman–Crippen MR) is 70.4 cm³/mol. The molecule has 0 saturated carbocycles. The van der Waals surface area contributed by atoms with Crippen LogP contribution in [0.2, 0.25) is 0 Å². The SMILES string of the molecule is CCN(C(=O)C=CCCC(C)C)C(C)(C)C. The molecule has 0 N–H and O–H groups in total. The number of hydrogen-bond acceptors (Lipinski definition) is 1. The van der Waals surface area contributed by atoms with Crippen molar-refractivity contribution in [2.24, 2.45) is 5.92 Å². The van der Waals surface area contributed by atoms with E-state index in [0.717, 1.165) is 19.4 Å². The van der Waals surface area contributed by atoms with Crippen molar-refractivity contribution in [2.75, 3.05) is 6.54 Å². The average Bonchev–Trinajstić information content (AvgIpc) is 2.10. The molecule has 0 bridgehead atoms. The summed E-state index contributed by atoms with van der Waals surface area (Å²) >= 11 is 0. The van der Waals surface area contributed by atoms with Gasteiger partial charge >= 0.3 is 0 Å². The molecule has 94 valence electrons. The molecular formula is C14H27NO. The van der Waals surface area contributed by atoms with E-state index in [9.17, 15) is 4.79 Å². The Labute approximate surface area is 101 Å². The van der Waals surface area contributed by atoms with Gasteiger partial charge in [-0.15, -0.1) is 0 Å². The zero-order valence-corrected chi connectivity index (χ0v) is 11.7. The first-order valence-electron chi connectivity index (χ1n) is 6.27. The second-order valence-electron chi connectivity index (χ2n) is 5.63. The van der Waals surface area contributed by atoms with Gasteiger partial charge in [-0.3, -0.25) is 4.79 Å². The molecule has 0 aromatic heterocycles. The van der Waals surface area contributed by atoms with E-state index in [1.807, 2.05) is 17.9 Å². The Hall–Kier alpha value is -0.790. The van der Waals surface area contributed by atoms with Crippen LogP contribution in [0, 0.1) is 5.92 Å². The number of hydrogen-bond donors (Lipinski definition) is 0. The first-order chi connectivity index (χ1) is 7.29. The van der Waals surface area contributed by atoms with E-state index in [-0.39, 0.29) is 11.4 Å². The Balaban J connectivity index is 4.22. The van der Waals surface area contributed by atoms with Crippen LogP contribution >= 0.6 is 0 Å². The molecule has 16 heavy (non-hydrogen) atoms. The minimum Gasteiger partial charge on any atom is -0.335 e. The lowest BCUT2D eigenvalue weighted by atomic mass is 10.1. The quantitative estimate of drug-likeness (QED) is 0.654. The summed E-state index contributed by atoms with van der Waals surface area (Å²) < 4.78 is 0. The van der Waals surface area contributed by atoms with E-state index in [1.165, 1.54) is 0 Å². The van der Waals surface area contributed by atoms with Gasteiger partial charge in [-0.1, -0.05) is 19.9 Å². The predicted octanol–water partition coefficient (Wildman–Crippen LogP) is 3.63. The van der Waals surface area contributed by atoms with Crippen LogP contribution in [0.15, 0.2) is 12.2 Å². The van der Waals surface area contributed by atoms with Gasteiger partial charge in [-0.05, 0) is 52.5 Å². The molecule has 0 aromatic carbocycles. The van der Waals surface area contributed by atoms with Crippen molar-refractivity contribution in [1.29, 1.82) is 0 Å². The van der Waals surface area contributed by atoms with E-state index >= 15 is 0 Å². The maximum Gasteiger partial charge on any atom is 0.246 e. The van der Waals surface area contributed by atoms with Gasteiger partial charge < -0.3 is 4.90 Å². The Morgan fingerprint density at radius 3 is 2.25 bits per heavy atom. The maximum absolute atomic E-state index is 11.9. The number of carbonyl (C=O) groups is 1. The minimum atomic E-state index is -0.0891. The van der Waals surface area contributed by atoms with Gasteiger partial charge in [0.1, 0.15) is 0 Å². The van der Waals surface area contributed by atoms with Crippen LogP contribution in [-0.4, -0.2) is 22.9 Å². The van der Waals surface area contributed by atoms with E-state index in [4.69, 9.17) is 0 Å². The number of rotatable bonds is 5. The summed E-state index contributed by atoms with van der Waals surface area (Å²) in [7, 11) is 0. The molecule has 0 saturated heterocycles. The average molecular weight is 225 g/mol. The van der Waals surface area contributed by atoms with Crippen molar-refractivity contribution in [3.8, 4) is 0 Å². The normalized spacial score (nSPS) is 12.4. The maximum atomic E-state index is 11.9. The summed E-state index contributed by atoms with van der Waals surface area (Å²) in [6, 6.07) is 0. The van der Waals surface area contributed by atoms with Crippen molar-refractivity contribution >= 4 is 5.91 Å². The van der Waals surface area contributed by atoms with E-state index in [1.54, 1.807) is 6.08 Å². The van der Waals surface area contributed by atoms with Crippen LogP contribution in [0.4, 0.5) is 0 Å². The summed E-state index contributed by atoms with van der Waals surface area (Å²) in [5.41, 5.74) is -0.0891. The van der Waals surface area contributed by atoms with Gasteiger partial charge in [0.15, 0.2) is 0 Å². The zero-order chi connectivity index (χ0) is 12.8. The molecule has 0 atom stereocenters. The van der Waals surface area contributed by atoms with Crippen LogP contribution in [0.25, 0.3) is 0 Å². The third-order valence-corrected chi connectivity index (χ3v) is 2.56. The van der Waals surface area contributed by atoms with Gasteiger partial charge in [-0.2, -0.15) is 0 Å². The van der Waals surface area contributed by atoms with Crippen LogP contribution in [0.1, 0.15) is 54.4 Å². The first kappa shape index (κ1) is 15.2. The topological polar surface area (TPSA) is 20.3 Å². The van der Waals surface area contributed by atoms with E-state index in [0.29, 0.717) is 5.92 Å². The highest BCUT2D eigenvalue weighted by Crippen LogP contribution is 2.13. The van der Waals surface area contributed by atoms with E-state index in [2.05, 4.69) is 34.6 Å². The highest BCUT2D eigenvalue weighted by atomic mass is 16.2. The Bertz CT molecular complexity index is 236. The van der Waals surface area contributed by atoms with Crippen LogP contribution < -0.4 is 0 Å². The Morgan fingerprint density at radius 2 is 1.88 bits per heavy atom. The second-order valence-corrected chi connectivity index (χ2v) is 5.63. The number of allylic oxidation sites excluding steroid dienone is 1. The third-order valence-electron chi connectivity index (χ3n) is 2.56. The lowest BCUT2D eigenvalue weighted by Crippen LogP contribution is -2.44. The molecule has 2 nitrogen and oxygen atoms in total. The summed E-state index contributed by atoms with van der Waals surface area (Å²) in [6.45, 7) is 13.4. The first-order valence-corrected chi connectivity index (χ1v) is 6.27. The van der Waals surface area contributed by atoms with Crippen molar-refractivity contribution < 1.29 is 4.79 Å². The molecule has 0 heterocycles. The Morgan fingerprint density at radius 1 is 1.31 bits per heavy atom. The second kappa shape index (κ2) is 6.72. The van der Waals surface area contributed by atoms with Gasteiger partial charge in [0.25, 0.3) is 0 Å². The molecule has 0 aliphatic carbocycles. The van der Waals surface area contributed by atoms with Gasteiger partial charge in [0.2, 0.25) is 5.91 Å². The van der Waals surface area contributed by atoms with Crippen molar-refractivity contribution in [3.05, 3.63) is 12.2 Å². The fourth-order valence-electron chi connectivity index (χ4n) is 1.66. The fraction of sp³-hybridized carbons (Fsp3) is 0.786. The van der Waals surface area contributed by atoms with Crippen molar-refractivity contribution in [2.45, 2.75) is 59.9 Å².